The summed E-state index contributed by atoms with van der Waals surface area (Å²) < 4.78 is 1.86. The van der Waals surface area contributed by atoms with Crippen LogP contribution < -0.4 is 16.0 Å². The molecule has 1 saturated heterocycles. The standard InChI is InChI=1S/C20H26N6/c1-14(2)17-18(23-15-7-4-3-5-8-15)20-22-11-12-26(20)25-19(17)24-16-9-6-10-21-13-16/h3-5,7-8,11-12,14,16,21,23H,6,9-10,13H2,1-2H3,(H,24,25)/t16-/m0/s1. The van der Waals surface area contributed by atoms with Gasteiger partial charge < -0.3 is 16.0 Å². The summed E-state index contributed by atoms with van der Waals surface area (Å²) in [6.45, 7) is 6.49. The van der Waals surface area contributed by atoms with Gasteiger partial charge in [0.05, 0.1) is 5.69 Å². The second-order valence-corrected chi connectivity index (χ2v) is 7.17. The minimum Gasteiger partial charge on any atom is -0.364 e. The van der Waals surface area contributed by atoms with Crippen molar-refractivity contribution in [3.05, 3.63) is 48.3 Å². The van der Waals surface area contributed by atoms with Crippen molar-refractivity contribution in [2.75, 3.05) is 23.7 Å². The van der Waals surface area contributed by atoms with E-state index in [0.29, 0.717) is 12.0 Å². The van der Waals surface area contributed by atoms with Gasteiger partial charge in [0, 0.05) is 36.2 Å². The van der Waals surface area contributed by atoms with Gasteiger partial charge in [-0.1, -0.05) is 32.0 Å². The molecule has 1 aromatic carbocycles. The van der Waals surface area contributed by atoms with Crippen LogP contribution in [0.4, 0.5) is 17.2 Å². The highest BCUT2D eigenvalue weighted by atomic mass is 15.3. The van der Waals surface area contributed by atoms with Gasteiger partial charge in [-0.15, -0.1) is 5.10 Å². The second kappa shape index (κ2) is 7.33. The highest BCUT2D eigenvalue weighted by Crippen LogP contribution is 2.35. The van der Waals surface area contributed by atoms with Crippen LogP contribution in [0.2, 0.25) is 0 Å². The molecule has 0 spiro atoms. The quantitative estimate of drug-likeness (QED) is 0.654. The minimum absolute atomic E-state index is 0.314. The number of aromatic nitrogens is 3. The van der Waals surface area contributed by atoms with Crippen molar-refractivity contribution in [2.24, 2.45) is 0 Å². The summed E-state index contributed by atoms with van der Waals surface area (Å²) in [5.41, 5.74) is 4.11. The molecule has 3 N–H and O–H groups in total. The van der Waals surface area contributed by atoms with Crippen LogP contribution >= 0.6 is 0 Å². The van der Waals surface area contributed by atoms with Crippen LogP contribution in [-0.4, -0.2) is 33.7 Å². The topological polar surface area (TPSA) is 66.3 Å². The number of anilines is 3. The third-order valence-electron chi connectivity index (χ3n) is 4.84. The Kier molecular flexibility index (Phi) is 4.75. The van der Waals surface area contributed by atoms with E-state index in [-0.39, 0.29) is 0 Å². The van der Waals surface area contributed by atoms with Gasteiger partial charge in [0.1, 0.15) is 0 Å². The molecular formula is C20H26N6. The van der Waals surface area contributed by atoms with Gasteiger partial charge >= 0.3 is 0 Å². The first-order valence-electron chi connectivity index (χ1n) is 9.39. The molecule has 6 nitrogen and oxygen atoms in total. The number of benzene rings is 1. The molecule has 6 heteroatoms. The fraction of sp³-hybridized carbons (Fsp3) is 0.400. The zero-order valence-corrected chi connectivity index (χ0v) is 15.4. The van der Waals surface area contributed by atoms with Crippen molar-refractivity contribution in [1.82, 2.24) is 19.9 Å². The minimum atomic E-state index is 0.314. The van der Waals surface area contributed by atoms with Gasteiger partial charge in [-0.05, 0) is 37.4 Å². The Morgan fingerprint density at radius 1 is 1.23 bits per heavy atom. The van der Waals surface area contributed by atoms with E-state index in [0.717, 1.165) is 42.4 Å². The summed E-state index contributed by atoms with van der Waals surface area (Å²) in [6.07, 6.45) is 6.06. The Hall–Kier alpha value is -2.60. The second-order valence-electron chi connectivity index (χ2n) is 7.17. The summed E-state index contributed by atoms with van der Waals surface area (Å²) in [6, 6.07) is 10.6. The predicted molar refractivity (Wildman–Crippen MR) is 106 cm³/mol. The van der Waals surface area contributed by atoms with E-state index in [1.807, 2.05) is 28.9 Å². The first-order chi connectivity index (χ1) is 12.7. The average Bonchev–Trinajstić information content (AvgIpc) is 3.12. The van der Waals surface area contributed by atoms with Gasteiger partial charge in [-0.2, -0.15) is 0 Å². The number of para-hydroxylation sites is 1. The number of piperidine rings is 1. The predicted octanol–water partition coefficient (Wildman–Crippen LogP) is 3.76. The Morgan fingerprint density at radius 2 is 2.08 bits per heavy atom. The van der Waals surface area contributed by atoms with Crippen LogP contribution in [0.25, 0.3) is 5.65 Å². The molecule has 2 aromatic heterocycles. The molecule has 0 unspecified atom stereocenters. The lowest BCUT2D eigenvalue weighted by Gasteiger charge is -2.27. The van der Waals surface area contributed by atoms with Crippen LogP contribution in [-0.2, 0) is 0 Å². The van der Waals surface area contributed by atoms with E-state index in [4.69, 9.17) is 5.10 Å². The number of hydrogen-bond donors (Lipinski definition) is 3. The van der Waals surface area contributed by atoms with E-state index in [1.165, 1.54) is 12.0 Å². The highest BCUT2D eigenvalue weighted by molar-refractivity contribution is 5.81. The van der Waals surface area contributed by atoms with E-state index in [9.17, 15) is 0 Å². The molecule has 0 amide bonds. The number of rotatable bonds is 5. The highest BCUT2D eigenvalue weighted by Gasteiger charge is 2.22. The molecular weight excluding hydrogens is 324 g/mol. The summed E-state index contributed by atoms with van der Waals surface area (Å²) in [5.74, 6) is 1.26. The van der Waals surface area contributed by atoms with Crippen LogP contribution in [0.5, 0.6) is 0 Å². The lowest BCUT2D eigenvalue weighted by Crippen LogP contribution is -2.39. The van der Waals surface area contributed by atoms with Crippen molar-refractivity contribution >= 4 is 22.8 Å². The number of imidazole rings is 1. The summed E-state index contributed by atoms with van der Waals surface area (Å²) in [7, 11) is 0. The molecule has 1 aliphatic rings. The summed E-state index contributed by atoms with van der Waals surface area (Å²) in [4.78, 5) is 4.54. The molecule has 136 valence electrons. The fourth-order valence-corrected chi connectivity index (χ4v) is 3.58. The molecule has 3 aromatic rings. The normalized spacial score (nSPS) is 17.6. The van der Waals surface area contributed by atoms with Crippen molar-refractivity contribution in [1.29, 1.82) is 0 Å². The third-order valence-corrected chi connectivity index (χ3v) is 4.84. The molecule has 0 radical (unpaired) electrons. The number of nitrogens with zero attached hydrogens (tertiary/aromatic N) is 3. The van der Waals surface area contributed by atoms with Crippen molar-refractivity contribution in [3.8, 4) is 0 Å². The average molecular weight is 350 g/mol. The smallest absolute Gasteiger partial charge is 0.177 e. The summed E-state index contributed by atoms with van der Waals surface area (Å²) in [5, 5.41) is 15.6. The van der Waals surface area contributed by atoms with Gasteiger partial charge in [0.25, 0.3) is 0 Å². The Balaban J connectivity index is 1.79. The first kappa shape index (κ1) is 16.8. The van der Waals surface area contributed by atoms with E-state index in [1.54, 1.807) is 6.20 Å². The maximum Gasteiger partial charge on any atom is 0.177 e. The van der Waals surface area contributed by atoms with Crippen LogP contribution in [0, 0.1) is 0 Å². The Bertz CT molecular complexity index is 865. The lowest BCUT2D eigenvalue weighted by atomic mass is 10.0. The van der Waals surface area contributed by atoms with Gasteiger partial charge in [-0.25, -0.2) is 9.50 Å². The van der Waals surface area contributed by atoms with E-state index >= 15 is 0 Å². The molecule has 0 saturated carbocycles. The molecule has 0 bridgehead atoms. The molecule has 1 aliphatic heterocycles. The Morgan fingerprint density at radius 3 is 2.81 bits per heavy atom. The van der Waals surface area contributed by atoms with Crippen molar-refractivity contribution in [3.63, 3.8) is 0 Å². The van der Waals surface area contributed by atoms with E-state index < -0.39 is 0 Å². The van der Waals surface area contributed by atoms with Gasteiger partial charge in [-0.3, -0.25) is 0 Å². The number of fused-ring (bicyclic) bond motifs is 1. The van der Waals surface area contributed by atoms with Gasteiger partial charge in [0.2, 0.25) is 0 Å². The maximum atomic E-state index is 4.83. The largest absolute Gasteiger partial charge is 0.364 e. The van der Waals surface area contributed by atoms with Gasteiger partial charge in [0.15, 0.2) is 11.5 Å². The maximum absolute atomic E-state index is 4.83. The molecule has 0 aliphatic carbocycles. The zero-order chi connectivity index (χ0) is 17.9. The van der Waals surface area contributed by atoms with Crippen LogP contribution in [0.15, 0.2) is 42.7 Å². The third kappa shape index (κ3) is 3.37. The molecule has 3 heterocycles. The molecule has 4 rings (SSSR count). The summed E-state index contributed by atoms with van der Waals surface area (Å²) >= 11 is 0. The van der Waals surface area contributed by atoms with E-state index in [2.05, 4.69) is 46.9 Å². The lowest BCUT2D eigenvalue weighted by molar-refractivity contribution is 0.478. The Labute approximate surface area is 154 Å². The first-order valence-corrected chi connectivity index (χ1v) is 9.39. The molecule has 1 fully saturated rings. The number of hydrogen-bond acceptors (Lipinski definition) is 5. The molecule has 26 heavy (non-hydrogen) atoms. The zero-order valence-electron chi connectivity index (χ0n) is 15.4. The van der Waals surface area contributed by atoms with Crippen LogP contribution in [0.3, 0.4) is 0 Å². The fourth-order valence-electron chi connectivity index (χ4n) is 3.58. The monoisotopic (exact) mass is 350 g/mol. The SMILES string of the molecule is CC(C)c1c(N[C@H]2CCCNC2)nn2ccnc2c1Nc1ccccc1. The van der Waals surface area contributed by atoms with Crippen molar-refractivity contribution < 1.29 is 0 Å². The van der Waals surface area contributed by atoms with Crippen LogP contribution in [0.1, 0.15) is 38.2 Å². The number of nitrogens with one attached hydrogen (secondary N) is 3. The van der Waals surface area contributed by atoms with Crippen molar-refractivity contribution in [2.45, 2.75) is 38.6 Å². The molecule has 1 atom stereocenters.